The third-order valence-electron chi connectivity index (χ3n) is 5.59. The minimum absolute atomic E-state index is 0.0752. The standard InChI is InChI=1S/C25H26N2O3/c1-17(28)26-20-5-7-21(8-6-20)27-14-13-19-16-23(30-2)11-12-24(19)25(27)15-18-3-9-22(29)10-4-18/h3-12,16,25,29H,13-15H2,1-2H3,(H,26,28). The molecule has 0 bridgehead atoms. The first-order chi connectivity index (χ1) is 14.5. The highest BCUT2D eigenvalue weighted by molar-refractivity contribution is 5.88. The van der Waals surface area contributed by atoms with Crippen LogP contribution in [0.15, 0.2) is 66.7 Å². The fourth-order valence-corrected chi connectivity index (χ4v) is 4.14. The normalized spacial score (nSPS) is 15.4. The fourth-order valence-electron chi connectivity index (χ4n) is 4.14. The van der Waals surface area contributed by atoms with E-state index in [0.717, 1.165) is 36.5 Å². The molecular weight excluding hydrogens is 376 g/mol. The molecule has 0 spiro atoms. The molecule has 0 saturated carbocycles. The van der Waals surface area contributed by atoms with E-state index in [1.807, 2.05) is 30.3 Å². The van der Waals surface area contributed by atoms with Gasteiger partial charge in [-0.25, -0.2) is 0 Å². The quantitative estimate of drug-likeness (QED) is 0.649. The number of phenols is 1. The molecule has 5 heteroatoms. The van der Waals surface area contributed by atoms with Crippen molar-refractivity contribution in [3.05, 3.63) is 83.4 Å². The van der Waals surface area contributed by atoms with Gasteiger partial charge in [0.2, 0.25) is 5.91 Å². The molecule has 3 aromatic carbocycles. The van der Waals surface area contributed by atoms with Gasteiger partial charge in [-0.1, -0.05) is 18.2 Å². The van der Waals surface area contributed by atoms with Crippen LogP contribution >= 0.6 is 0 Å². The van der Waals surface area contributed by atoms with Crippen LogP contribution in [-0.2, 0) is 17.6 Å². The van der Waals surface area contributed by atoms with Gasteiger partial charge in [-0.3, -0.25) is 4.79 Å². The molecule has 0 radical (unpaired) electrons. The number of hydrogen-bond acceptors (Lipinski definition) is 4. The number of methoxy groups -OCH3 is 1. The molecule has 1 unspecified atom stereocenters. The Balaban J connectivity index is 1.68. The second-order valence-electron chi connectivity index (χ2n) is 7.62. The van der Waals surface area contributed by atoms with Crippen LogP contribution in [0.3, 0.4) is 0 Å². The number of benzene rings is 3. The minimum Gasteiger partial charge on any atom is -0.508 e. The second-order valence-corrected chi connectivity index (χ2v) is 7.62. The molecule has 2 N–H and O–H groups in total. The Kier molecular flexibility index (Phi) is 5.61. The number of nitrogens with zero attached hydrogens (tertiary/aromatic N) is 1. The zero-order valence-corrected chi connectivity index (χ0v) is 17.3. The van der Waals surface area contributed by atoms with Gasteiger partial charge in [0, 0.05) is 24.8 Å². The van der Waals surface area contributed by atoms with Crippen LogP contribution in [0.1, 0.15) is 29.7 Å². The van der Waals surface area contributed by atoms with Crippen molar-refractivity contribution in [1.29, 1.82) is 0 Å². The lowest BCUT2D eigenvalue weighted by atomic mass is 9.88. The first-order valence-electron chi connectivity index (χ1n) is 10.1. The Bertz CT molecular complexity index is 1030. The van der Waals surface area contributed by atoms with Gasteiger partial charge in [-0.15, -0.1) is 0 Å². The van der Waals surface area contributed by atoms with Crippen LogP contribution in [-0.4, -0.2) is 24.7 Å². The number of aromatic hydroxyl groups is 1. The zero-order chi connectivity index (χ0) is 21.1. The number of fused-ring (bicyclic) bond motifs is 1. The number of rotatable bonds is 5. The largest absolute Gasteiger partial charge is 0.508 e. The Hall–Kier alpha value is -3.47. The van der Waals surface area contributed by atoms with E-state index in [1.54, 1.807) is 19.2 Å². The summed E-state index contributed by atoms with van der Waals surface area (Å²) in [5.74, 6) is 1.08. The Morgan fingerprint density at radius 3 is 2.50 bits per heavy atom. The van der Waals surface area contributed by atoms with Crippen molar-refractivity contribution >= 4 is 17.3 Å². The summed E-state index contributed by atoms with van der Waals surface area (Å²) < 4.78 is 5.43. The molecule has 1 heterocycles. The number of anilines is 2. The second kappa shape index (κ2) is 8.49. The van der Waals surface area contributed by atoms with E-state index in [9.17, 15) is 9.90 Å². The van der Waals surface area contributed by atoms with E-state index in [0.29, 0.717) is 0 Å². The number of phenolic OH excluding ortho intramolecular Hbond substituents is 1. The SMILES string of the molecule is COc1ccc2c(c1)CCN(c1ccc(NC(C)=O)cc1)C2Cc1ccc(O)cc1. The molecule has 4 rings (SSSR count). The highest BCUT2D eigenvalue weighted by Gasteiger charge is 2.28. The topological polar surface area (TPSA) is 61.8 Å². The molecule has 154 valence electrons. The molecule has 0 aromatic heterocycles. The van der Waals surface area contributed by atoms with E-state index in [-0.39, 0.29) is 17.7 Å². The maximum absolute atomic E-state index is 11.3. The van der Waals surface area contributed by atoms with Gasteiger partial charge in [0.25, 0.3) is 0 Å². The van der Waals surface area contributed by atoms with E-state index in [4.69, 9.17) is 4.74 Å². The summed E-state index contributed by atoms with van der Waals surface area (Å²) in [4.78, 5) is 13.7. The lowest BCUT2D eigenvalue weighted by Crippen LogP contribution is -2.36. The molecule has 1 amide bonds. The van der Waals surface area contributed by atoms with Gasteiger partial charge in [-0.2, -0.15) is 0 Å². The highest BCUT2D eigenvalue weighted by Crippen LogP contribution is 2.38. The molecule has 0 aliphatic carbocycles. The van der Waals surface area contributed by atoms with E-state index in [2.05, 4.69) is 34.5 Å². The summed E-state index contributed by atoms with van der Waals surface area (Å²) in [7, 11) is 1.70. The summed E-state index contributed by atoms with van der Waals surface area (Å²) in [5, 5.41) is 12.5. The van der Waals surface area contributed by atoms with Crippen molar-refractivity contribution in [1.82, 2.24) is 0 Å². The molecule has 0 saturated heterocycles. The highest BCUT2D eigenvalue weighted by atomic mass is 16.5. The van der Waals surface area contributed by atoms with Crippen molar-refractivity contribution in [2.45, 2.75) is 25.8 Å². The number of carbonyl (C=O) groups is 1. The first kappa shape index (κ1) is 19.8. The molecule has 1 aliphatic rings. The molecule has 1 aliphatic heterocycles. The van der Waals surface area contributed by atoms with Gasteiger partial charge in [0.15, 0.2) is 0 Å². The van der Waals surface area contributed by atoms with Crippen molar-refractivity contribution in [3.8, 4) is 11.5 Å². The van der Waals surface area contributed by atoms with Crippen molar-refractivity contribution in [3.63, 3.8) is 0 Å². The number of nitrogens with one attached hydrogen (secondary N) is 1. The number of hydrogen-bond donors (Lipinski definition) is 2. The van der Waals surface area contributed by atoms with Crippen LogP contribution in [0.25, 0.3) is 0 Å². The van der Waals surface area contributed by atoms with Crippen LogP contribution in [0, 0.1) is 0 Å². The van der Waals surface area contributed by atoms with Crippen LogP contribution in [0.2, 0.25) is 0 Å². The van der Waals surface area contributed by atoms with E-state index >= 15 is 0 Å². The monoisotopic (exact) mass is 402 g/mol. The van der Waals surface area contributed by atoms with Crippen LogP contribution in [0.5, 0.6) is 11.5 Å². The molecule has 1 atom stereocenters. The maximum atomic E-state index is 11.3. The smallest absolute Gasteiger partial charge is 0.221 e. The summed E-state index contributed by atoms with van der Waals surface area (Å²) in [6.07, 6.45) is 1.76. The number of carbonyl (C=O) groups excluding carboxylic acids is 1. The summed E-state index contributed by atoms with van der Waals surface area (Å²) in [6, 6.07) is 21.9. The van der Waals surface area contributed by atoms with Crippen LogP contribution < -0.4 is 15.0 Å². The van der Waals surface area contributed by atoms with Crippen LogP contribution in [0.4, 0.5) is 11.4 Å². The predicted molar refractivity (Wildman–Crippen MR) is 119 cm³/mol. The Morgan fingerprint density at radius 1 is 1.10 bits per heavy atom. The predicted octanol–water partition coefficient (Wildman–Crippen LogP) is 4.71. The molecular formula is C25H26N2O3. The van der Waals surface area contributed by atoms with E-state index in [1.165, 1.54) is 23.6 Å². The fraction of sp³-hybridized carbons (Fsp3) is 0.240. The average Bonchev–Trinajstić information content (AvgIpc) is 2.75. The Morgan fingerprint density at radius 2 is 1.83 bits per heavy atom. The van der Waals surface area contributed by atoms with Gasteiger partial charge >= 0.3 is 0 Å². The summed E-state index contributed by atoms with van der Waals surface area (Å²) >= 11 is 0. The molecule has 3 aromatic rings. The lowest BCUT2D eigenvalue weighted by molar-refractivity contribution is -0.114. The van der Waals surface area contributed by atoms with Crippen molar-refractivity contribution in [2.24, 2.45) is 0 Å². The van der Waals surface area contributed by atoms with Crippen molar-refractivity contribution < 1.29 is 14.6 Å². The van der Waals surface area contributed by atoms with E-state index < -0.39 is 0 Å². The third kappa shape index (κ3) is 4.25. The first-order valence-corrected chi connectivity index (χ1v) is 10.1. The zero-order valence-electron chi connectivity index (χ0n) is 17.3. The third-order valence-corrected chi connectivity index (χ3v) is 5.59. The molecule has 5 nitrogen and oxygen atoms in total. The van der Waals surface area contributed by atoms with Gasteiger partial charge in [0.05, 0.1) is 13.2 Å². The maximum Gasteiger partial charge on any atom is 0.221 e. The average molecular weight is 402 g/mol. The van der Waals surface area contributed by atoms with Gasteiger partial charge in [-0.05, 0) is 78.1 Å². The molecule has 0 fully saturated rings. The number of ether oxygens (including phenoxy) is 1. The van der Waals surface area contributed by atoms with Gasteiger partial charge < -0.3 is 20.1 Å². The Labute approximate surface area is 176 Å². The van der Waals surface area contributed by atoms with Gasteiger partial charge in [0.1, 0.15) is 11.5 Å². The lowest BCUT2D eigenvalue weighted by Gasteiger charge is -2.39. The molecule has 30 heavy (non-hydrogen) atoms. The number of amides is 1. The van der Waals surface area contributed by atoms with Crippen molar-refractivity contribution in [2.75, 3.05) is 23.9 Å². The summed E-state index contributed by atoms with van der Waals surface area (Å²) in [5.41, 5.74) is 5.68. The minimum atomic E-state index is -0.0752. The summed E-state index contributed by atoms with van der Waals surface area (Å²) in [6.45, 7) is 2.40.